The van der Waals surface area contributed by atoms with Crippen molar-refractivity contribution in [2.24, 2.45) is 0 Å². The summed E-state index contributed by atoms with van der Waals surface area (Å²) in [6, 6.07) is 0. The van der Waals surface area contributed by atoms with Gasteiger partial charge in [-0.2, -0.15) is 0 Å². The van der Waals surface area contributed by atoms with Gasteiger partial charge in [0, 0.05) is 0 Å². The minimum Gasteiger partial charge on any atom is -0.428 e. The van der Waals surface area contributed by atoms with Gasteiger partial charge in [-0.1, -0.05) is 0 Å². The second-order valence-electron chi connectivity index (χ2n) is 3.12. The molecule has 4 heteroatoms. The maximum Gasteiger partial charge on any atom is 0.344 e. The van der Waals surface area contributed by atoms with Crippen LogP contribution < -0.4 is 0 Å². The van der Waals surface area contributed by atoms with Crippen molar-refractivity contribution in [2.75, 3.05) is 0 Å². The molecule has 2 aliphatic rings. The largest absolute Gasteiger partial charge is 0.428 e. The van der Waals surface area contributed by atoms with Gasteiger partial charge in [-0.25, -0.2) is 9.59 Å². The van der Waals surface area contributed by atoms with E-state index in [2.05, 4.69) is 0 Å². The molecule has 2 heterocycles. The Bertz CT molecular complexity index is 383. The first-order chi connectivity index (χ1) is 6.58. The summed E-state index contributed by atoms with van der Waals surface area (Å²) in [5.41, 5.74) is 0.536. The van der Waals surface area contributed by atoms with Crippen molar-refractivity contribution in [3.63, 3.8) is 0 Å². The molecule has 0 aromatic carbocycles. The van der Waals surface area contributed by atoms with E-state index in [1.807, 2.05) is 0 Å². The molecule has 72 valence electrons. The molecule has 0 fully saturated rings. The standard InChI is InChI=1S/C10H8O4/c1-5-3-7(9(11)13-5)8-4-6(2)14-10(8)12/h3-4H,1-2H3/b8-7+. The van der Waals surface area contributed by atoms with Crippen LogP contribution in [0.5, 0.6) is 0 Å². The predicted molar refractivity (Wildman–Crippen MR) is 46.7 cm³/mol. The second kappa shape index (κ2) is 2.83. The van der Waals surface area contributed by atoms with Gasteiger partial charge in [-0.3, -0.25) is 0 Å². The molecule has 0 N–H and O–H groups in total. The molecule has 0 amide bonds. The zero-order chi connectivity index (χ0) is 10.3. The Hall–Kier alpha value is -1.84. The Balaban J connectivity index is 2.51. The number of esters is 2. The first-order valence-electron chi connectivity index (χ1n) is 4.13. The molecule has 0 aromatic rings. The van der Waals surface area contributed by atoms with E-state index >= 15 is 0 Å². The molecule has 14 heavy (non-hydrogen) atoms. The zero-order valence-electron chi connectivity index (χ0n) is 7.79. The summed E-state index contributed by atoms with van der Waals surface area (Å²) in [5.74, 6) is -0.0210. The maximum absolute atomic E-state index is 11.3. The minimum atomic E-state index is -0.500. The Morgan fingerprint density at radius 3 is 1.43 bits per heavy atom. The third-order valence-corrected chi connectivity index (χ3v) is 1.93. The molecule has 0 unspecified atom stereocenters. The van der Waals surface area contributed by atoms with Crippen molar-refractivity contribution in [3.05, 3.63) is 34.8 Å². The predicted octanol–water partition coefficient (Wildman–Crippen LogP) is 1.20. The monoisotopic (exact) mass is 192 g/mol. The molecule has 2 aliphatic heterocycles. The van der Waals surface area contributed by atoms with Crippen LogP contribution in [0.1, 0.15) is 13.8 Å². The fourth-order valence-electron chi connectivity index (χ4n) is 1.36. The molecule has 0 atom stereocenters. The smallest absolute Gasteiger partial charge is 0.344 e. The maximum atomic E-state index is 11.3. The molecule has 2 rings (SSSR count). The van der Waals surface area contributed by atoms with Gasteiger partial charge in [0.25, 0.3) is 0 Å². The van der Waals surface area contributed by atoms with Crippen LogP contribution in [-0.2, 0) is 19.1 Å². The molecule has 0 aliphatic carbocycles. The quantitative estimate of drug-likeness (QED) is 0.427. The molecule has 0 bridgehead atoms. The van der Waals surface area contributed by atoms with Crippen molar-refractivity contribution in [1.82, 2.24) is 0 Å². The number of rotatable bonds is 0. The lowest BCUT2D eigenvalue weighted by atomic mass is 10.1. The number of ether oxygens (including phenoxy) is 2. The summed E-state index contributed by atoms with van der Waals surface area (Å²) < 4.78 is 9.59. The summed E-state index contributed by atoms with van der Waals surface area (Å²) in [7, 11) is 0. The topological polar surface area (TPSA) is 52.6 Å². The van der Waals surface area contributed by atoms with Gasteiger partial charge < -0.3 is 9.47 Å². The van der Waals surface area contributed by atoms with Crippen LogP contribution in [0, 0.1) is 0 Å². The van der Waals surface area contributed by atoms with Crippen LogP contribution in [0.4, 0.5) is 0 Å². The summed E-state index contributed by atoms with van der Waals surface area (Å²) in [6.45, 7) is 3.31. The van der Waals surface area contributed by atoms with Crippen molar-refractivity contribution in [2.45, 2.75) is 13.8 Å². The SMILES string of the molecule is CC1=C/C(=C2/C=C(C)OC2=O)C(=O)O1. The van der Waals surface area contributed by atoms with Crippen molar-refractivity contribution >= 4 is 11.9 Å². The average Bonchev–Trinajstić information content (AvgIpc) is 2.55. The number of cyclic esters (lactones) is 2. The lowest BCUT2D eigenvalue weighted by Gasteiger charge is -1.95. The number of allylic oxidation sites excluding steroid dienone is 2. The van der Waals surface area contributed by atoms with E-state index in [1.165, 1.54) is 12.2 Å². The van der Waals surface area contributed by atoms with Gasteiger partial charge in [0.15, 0.2) is 0 Å². The van der Waals surface area contributed by atoms with Crippen LogP contribution >= 0.6 is 0 Å². The molecular weight excluding hydrogens is 184 g/mol. The Kier molecular flexibility index (Phi) is 1.77. The molecule has 0 radical (unpaired) electrons. The van der Waals surface area contributed by atoms with Gasteiger partial charge in [-0.05, 0) is 26.0 Å². The first kappa shape index (κ1) is 8.74. The van der Waals surface area contributed by atoms with E-state index in [-0.39, 0.29) is 11.1 Å². The molecule has 0 aromatic heterocycles. The summed E-state index contributed by atoms with van der Waals surface area (Å²) in [6.07, 6.45) is 3.07. The van der Waals surface area contributed by atoms with Gasteiger partial charge in [-0.15, -0.1) is 0 Å². The van der Waals surface area contributed by atoms with Crippen LogP contribution in [0.3, 0.4) is 0 Å². The van der Waals surface area contributed by atoms with Crippen LogP contribution in [0.2, 0.25) is 0 Å². The van der Waals surface area contributed by atoms with Crippen molar-refractivity contribution < 1.29 is 19.1 Å². The van der Waals surface area contributed by atoms with Gasteiger partial charge in [0.1, 0.15) is 11.5 Å². The lowest BCUT2D eigenvalue weighted by Crippen LogP contribution is -2.05. The Morgan fingerprint density at radius 1 is 0.857 bits per heavy atom. The molecule has 0 saturated carbocycles. The van der Waals surface area contributed by atoms with Gasteiger partial charge >= 0.3 is 11.9 Å². The molecule has 0 saturated heterocycles. The minimum absolute atomic E-state index is 0.268. The summed E-state index contributed by atoms with van der Waals surface area (Å²) in [5, 5.41) is 0. The average molecular weight is 192 g/mol. The Morgan fingerprint density at radius 2 is 1.21 bits per heavy atom. The second-order valence-corrected chi connectivity index (χ2v) is 3.12. The normalized spacial score (nSPS) is 25.9. The van der Waals surface area contributed by atoms with Gasteiger partial charge in [0.05, 0.1) is 11.1 Å². The fourth-order valence-corrected chi connectivity index (χ4v) is 1.36. The lowest BCUT2D eigenvalue weighted by molar-refractivity contribution is -0.135. The molecular formula is C10H8O4. The summed E-state index contributed by atoms with van der Waals surface area (Å²) >= 11 is 0. The highest BCUT2D eigenvalue weighted by Gasteiger charge is 2.29. The third kappa shape index (κ3) is 1.25. The van der Waals surface area contributed by atoms with E-state index in [1.54, 1.807) is 13.8 Å². The van der Waals surface area contributed by atoms with Crippen LogP contribution in [0.15, 0.2) is 34.8 Å². The van der Waals surface area contributed by atoms with Crippen molar-refractivity contribution in [1.29, 1.82) is 0 Å². The van der Waals surface area contributed by atoms with E-state index < -0.39 is 11.9 Å². The van der Waals surface area contributed by atoms with E-state index in [0.29, 0.717) is 11.5 Å². The van der Waals surface area contributed by atoms with Gasteiger partial charge in [0.2, 0.25) is 0 Å². The number of hydrogen-bond acceptors (Lipinski definition) is 4. The highest BCUT2D eigenvalue weighted by atomic mass is 16.5. The third-order valence-electron chi connectivity index (χ3n) is 1.93. The van der Waals surface area contributed by atoms with E-state index in [4.69, 9.17) is 9.47 Å². The van der Waals surface area contributed by atoms with Crippen molar-refractivity contribution in [3.8, 4) is 0 Å². The zero-order valence-corrected chi connectivity index (χ0v) is 7.79. The summed E-state index contributed by atoms with van der Waals surface area (Å²) in [4.78, 5) is 22.5. The van der Waals surface area contributed by atoms with Crippen LogP contribution in [-0.4, -0.2) is 11.9 Å². The molecule has 4 nitrogen and oxygen atoms in total. The highest BCUT2D eigenvalue weighted by molar-refractivity contribution is 6.07. The number of carbonyl (C=O) groups is 2. The Labute approximate surface area is 80.5 Å². The van der Waals surface area contributed by atoms with E-state index in [9.17, 15) is 9.59 Å². The van der Waals surface area contributed by atoms with E-state index in [0.717, 1.165) is 0 Å². The first-order valence-corrected chi connectivity index (χ1v) is 4.13. The number of carbonyl (C=O) groups excluding carboxylic acids is 2. The fraction of sp³-hybridized carbons (Fsp3) is 0.200. The molecule has 0 spiro atoms. The number of hydrogen-bond donors (Lipinski definition) is 0. The van der Waals surface area contributed by atoms with Crippen LogP contribution in [0.25, 0.3) is 0 Å². The highest BCUT2D eigenvalue weighted by Crippen LogP contribution is 2.26.